The van der Waals surface area contributed by atoms with E-state index in [1.54, 1.807) is 0 Å². The van der Waals surface area contributed by atoms with Gasteiger partial charge in [-0.3, -0.25) is 5.01 Å². The van der Waals surface area contributed by atoms with Crippen LogP contribution < -0.4 is 10.9 Å². The van der Waals surface area contributed by atoms with Crippen LogP contribution in [0.3, 0.4) is 0 Å². The molecule has 4 nitrogen and oxygen atoms in total. The Bertz CT molecular complexity index is 407. The molecule has 0 radical (unpaired) electrons. The van der Waals surface area contributed by atoms with Gasteiger partial charge in [0, 0.05) is 17.9 Å². The molecule has 3 N–H and O–H groups in total. The molecule has 82 valence electrons. The zero-order chi connectivity index (χ0) is 11.0. The van der Waals surface area contributed by atoms with Crippen molar-refractivity contribution in [1.29, 1.82) is 0 Å². The lowest BCUT2D eigenvalue weighted by Gasteiger charge is -2.26. The number of anilines is 1. The van der Waals surface area contributed by atoms with Crippen molar-refractivity contribution < 1.29 is 5.11 Å². The van der Waals surface area contributed by atoms with Crippen molar-refractivity contribution >= 4 is 46.4 Å². The molecule has 0 saturated carbocycles. The van der Waals surface area contributed by atoms with Crippen LogP contribution in [0.2, 0.25) is 4.34 Å². The Morgan fingerprint density at radius 3 is 3.13 bits per heavy atom. The lowest BCUT2D eigenvalue weighted by Crippen LogP contribution is -2.43. The fourth-order valence-electron chi connectivity index (χ4n) is 1.23. The van der Waals surface area contributed by atoms with Crippen molar-refractivity contribution in [3.63, 3.8) is 0 Å². The minimum atomic E-state index is -0.0747. The molecule has 2 heterocycles. The molecule has 15 heavy (non-hydrogen) atoms. The third-order valence-corrected chi connectivity index (χ3v) is 4.27. The molecule has 0 amide bonds. The summed E-state index contributed by atoms with van der Waals surface area (Å²) >= 11 is 8.71. The highest BCUT2D eigenvalue weighted by atomic mass is 35.5. The summed E-state index contributed by atoms with van der Waals surface area (Å²) in [6.45, 7) is 1.90. The monoisotopic (exact) mass is 263 g/mol. The second-order valence-corrected chi connectivity index (χ2v) is 5.93. The minimum Gasteiger partial charge on any atom is -0.396 e. The van der Waals surface area contributed by atoms with Crippen molar-refractivity contribution in [3.05, 3.63) is 10.4 Å². The average molecular weight is 264 g/mol. The zero-order valence-corrected chi connectivity index (χ0v) is 10.4. The SMILES string of the molecule is C[C@H](CO)C1=NSc2sc(Cl)cc2N1N. The predicted molar refractivity (Wildman–Crippen MR) is 65.5 cm³/mol. The van der Waals surface area contributed by atoms with Crippen LogP contribution in [0, 0.1) is 5.92 Å². The van der Waals surface area contributed by atoms with Crippen LogP contribution in [-0.2, 0) is 0 Å². The third kappa shape index (κ3) is 2.00. The van der Waals surface area contributed by atoms with E-state index in [4.69, 9.17) is 22.6 Å². The van der Waals surface area contributed by atoms with Gasteiger partial charge in [-0.2, -0.15) is 4.40 Å². The summed E-state index contributed by atoms with van der Waals surface area (Å²) in [6.07, 6.45) is 0. The van der Waals surface area contributed by atoms with Gasteiger partial charge in [-0.1, -0.05) is 18.5 Å². The van der Waals surface area contributed by atoms with E-state index < -0.39 is 0 Å². The van der Waals surface area contributed by atoms with E-state index in [1.165, 1.54) is 28.3 Å². The van der Waals surface area contributed by atoms with Crippen LogP contribution in [0.4, 0.5) is 5.69 Å². The zero-order valence-electron chi connectivity index (χ0n) is 7.98. The van der Waals surface area contributed by atoms with Crippen molar-refractivity contribution in [2.45, 2.75) is 11.1 Å². The van der Waals surface area contributed by atoms with Gasteiger partial charge in [0.1, 0.15) is 10.0 Å². The molecule has 0 spiro atoms. The maximum atomic E-state index is 9.06. The van der Waals surface area contributed by atoms with Crippen LogP contribution in [0.1, 0.15) is 6.92 Å². The highest BCUT2D eigenvalue weighted by molar-refractivity contribution is 8.00. The molecule has 7 heteroatoms. The van der Waals surface area contributed by atoms with Crippen LogP contribution in [0.15, 0.2) is 14.7 Å². The number of amidine groups is 1. The van der Waals surface area contributed by atoms with E-state index in [0.717, 1.165) is 9.90 Å². The number of thiophene rings is 1. The molecule has 1 aliphatic heterocycles. The third-order valence-electron chi connectivity index (χ3n) is 2.09. The predicted octanol–water partition coefficient (Wildman–Crippen LogP) is 2.13. The summed E-state index contributed by atoms with van der Waals surface area (Å²) in [5.41, 5.74) is 0.861. The lowest BCUT2D eigenvalue weighted by molar-refractivity contribution is 0.269. The average Bonchev–Trinajstić information content (AvgIpc) is 2.59. The fraction of sp³-hybridized carbons (Fsp3) is 0.375. The van der Waals surface area contributed by atoms with Crippen LogP contribution in [0.5, 0.6) is 0 Å². The first-order valence-corrected chi connectivity index (χ1v) is 6.30. The maximum Gasteiger partial charge on any atom is 0.137 e. The Hall–Kier alpha value is -0.270. The Labute approximate surface area is 101 Å². The molecule has 0 saturated heterocycles. The minimum absolute atomic E-state index is 0.0281. The van der Waals surface area contributed by atoms with Gasteiger partial charge < -0.3 is 5.11 Å². The normalized spacial score (nSPS) is 17.3. The van der Waals surface area contributed by atoms with Crippen molar-refractivity contribution in [1.82, 2.24) is 0 Å². The molecule has 1 aromatic heterocycles. The number of aliphatic hydroxyl groups is 1. The molecule has 0 aromatic carbocycles. The molecular formula is C8H10ClN3OS2. The van der Waals surface area contributed by atoms with Gasteiger partial charge in [0.2, 0.25) is 0 Å². The number of fused-ring (bicyclic) bond motifs is 1. The molecule has 2 rings (SSSR count). The van der Waals surface area contributed by atoms with Gasteiger partial charge in [0.15, 0.2) is 0 Å². The number of hydrogen-bond acceptors (Lipinski definition) is 6. The largest absolute Gasteiger partial charge is 0.396 e. The van der Waals surface area contributed by atoms with E-state index in [2.05, 4.69) is 4.40 Å². The summed E-state index contributed by atoms with van der Waals surface area (Å²) in [5, 5.41) is 10.6. The molecular weight excluding hydrogens is 254 g/mol. The first-order valence-electron chi connectivity index (χ1n) is 4.33. The maximum absolute atomic E-state index is 9.06. The number of nitrogens with zero attached hydrogens (tertiary/aromatic N) is 2. The second-order valence-electron chi connectivity index (χ2n) is 3.22. The fourth-order valence-corrected chi connectivity index (χ4v) is 3.54. The van der Waals surface area contributed by atoms with Crippen LogP contribution in [0.25, 0.3) is 0 Å². The summed E-state index contributed by atoms with van der Waals surface area (Å²) in [4.78, 5) is 0. The van der Waals surface area contributed by atoms with Crippen LogP contribution in [-0.4, -0.2) is 17.5 Å². The molecule has 0 unspecified atom stereocenters. The van der Waals surface area contributed by atoms with Crippen molar-refractivity contribution in [3.8, 4) is 0 Å². The van der Waals surface area contributed by atoms with Crippen molar-refractivity contribution in [2.24, 2.45) is 16.2 Å². The number of hydrogen-bond donors (Lipinski definition) is 2. The van der Waals surface area contributed by atoms with E-state index in [0.29, 0.717) is 10.2 Å². The van der Waals surface area contributed by atoms with E-state index in [1.807, 2.05) is 13.0 Å². The van der Waals surface area contributed by atoms with Gasteiger partial charge in [0.05, 0.1) is 16.6 Å². The molecule has 1 aliphatic rings. The number of aliphatic hydroxyl groups excluding tert-OH is 1. The standard InChI is InChI=1S/C8H10ClN3OS2/c1-4(3-13)7-11-15-8-5(12(7)10)2-6(9)14-8/h2,4,13H,3,10H2,1H3/t4-/m1/s1. The number of nitrogens with two attached hydrogens (primary N) is 1. The van der Waals surface area contributed by atoms with E-state index in [-0.39, 0.29) is 12.5 Å². The Balaban J connectivity index is 2.31. The Kier molecular flexibility index (Phi) is 3.22. The van der Waals surface area contributed by atoms with Gasteiger partial charge in [-0.15, -0.1) is 11.3 Å². The second kappa shape index (κ2) is 4.31. The van der Waals surface area contributed by atoms with E-state index >= 15 is 0 Å². The summed E-state index contributed by atoms with van der Waals surface area (Å²) < 4.78 is 5.94. The van der Waals surface area contributed by atoms with Gasteiger partial charge in [-0.25, -0.2) is 5.84 Å². The molecule has 0 aliphatic carbocycles. The molecule has 1 aromatic rings. The quantitative estimate of drug-likeness (QED) is 0.634. The molecule has 0 fully saturated rings. The first-order chi connectivity index (χ1) is 7.13. The molecule has 1 atom stereocenters. The van der Waals surface area contributed by atoms with Crippen LogP contribution >= 0.6 is 34.9 Å². The smallest absolute Gasteiger partial charge is 0.137 e. The Morgan fingerprint density at radius 2 is 2.47 bits per heavy atom. The summed E-state index contributed by atoms with van der Waals surface area (Å²) in [5.74, 6) is 6.50. The lowest BCUT2D eigenvalue weighted by atomic mass is 10.1. The summed E-state index contributed by atoms with van der Waals surface area (Å²) in [7, 11) is 0. The van der Waals surface area contributed by atoms with Gasteiger partial charge in [0.25, 0.3) is 0 Å². The highest BCUT2D eigenvalue weighted by Crippen LogP contribution is 2.43. The number of hydrazine groups is 1. The van der Waals surface area contributed by atoms with E-state index in [9.17, 15) is 0 Å². The highest BCUT2D eigenvalue weighted by Gasteiger charge is 2.25. The number of rotatable bonds is 2. The van der Waals surface area contributed by atoms with Crippen molar-refractivity contribution in [2.75, 3.05) is 11.6 Å². The summed E-state index contributed by atoms with van der Waals surface area (Å²) in [6, 6.07) is 1.81. The number of halogens is 1. The molecule has 0 bridgehead atoms. The Morgan fingerprint density at radius 1 is 1.73 bits per heavy atom. The first kappa shape index (κ1) is 11.2. The topological polar surface area (TPSA) is 61.9 Å². The van der Waals surface area contributed by atoms with Gasteiger partial charge in [-0.05, 0) is 6.07 Å². The van der Waals surface area contributed by atoms with Gasteiger partial charge >= 0.3 is 0 Å².